The monoisotopic (exact) mass is 310 g/mol. The fourth-order valence-electron chi connectivity index (χ4n) is 1.63. The van der Waals surface area contributed by atoms with Crippen LogP contribution in [0.15, 0.2) is 36.4 Å². The molecule has 2 aromatic rings. The third kappa shape index (κ3) is 3.15. The van der Waals surface area contributed by atoms with Gasteiger partial charge in [0.2, 0.25) is 0 Å². The number of ether oxygens (including phenoxy) is 1. The van der Waals surface area contributed by atoms with E-state index in [1.54, 1.807) is 30.3 Å². The van der Waals surface area contributed by atoms with E-state index >= 15 is 0 Å². The van der Waals surface area contributed by atoms with E-state index in [4.69, 9.17) is 33.7 Å². The summed E-state index contributed by atoms with van der Waals surface area (Å²) >= 11 is 12.0. The zero-order valence-electron chi connectivity index (χ0n) is 10.6. The molecule has 0 spiro atoms. The van der Waals surface area contributed by atoms with Gasteiger partial charge in [0.05, 0.1) is 28.4 Å². The van der Waals surface area contributed by atoms with Crippen LogP contribution in [0.2, 0.25) is 10.0 Å². The molecule has 4 nitrogen and oxygen atoms in total. The summed E-state index contributed by atoms with van der Waals surface area (Å²) in [6.45, 7) is 0. The number of methoxy groups -OCH3 is 1. The Morgan fingerprint density at radius 1 is 1.15 bits per heavy atom. The van der Waals surface area contributed by atoms with E-state index in [1.807, 2.05) is 0 Å². The molecule has 0 aliphatic heterocycles. The van der Waals surface area contributed by atoms with E-state index in [2.05, 4.69) is 5.32 Å². The number of carbonyl (C=O) groups is 1. The molecule has 2 aromatic carbocycles. The molecule has 0 saturated carbocycles. The van der Waals surface area contributed by atoms with Crippen LogP contribution >= 0.6 is 23.2 Å². The topological polar surface area (TPSA) is 64.3 Å². The van der Waals surface area contributed by atoms with Gasteiger partial charge in [-0.1, -0.05) is 23.2 Å². The van der Waals surface area contributed by atoms with Gasteiger partial charge in [0.15, 0.2) is 0 Å². The second kappa shape index (κ2) is 6.03. The highest BCUT2D eigenvalue weighted by atomic mass is 35.5. The first-order valence-electron chi connectivity index (χ1n) is 5.71. The largest absolute Gasteiger partial charge is 0.497 e. The van der Waals surface area contributed by atoms with Crippen molar-refractivity contribution in [2.75, 3.05) is 18.2 Å². The average Bonchev–Trinajstić information content (AvgIpc) is 2.41. The van der Waals surface area contributed by atoms with Crippen LogP contribution in [0, 0.1) is 0 Å². The van der Waals surface area contributed by atoms with E-state index in [1.165, 1.54) is 13.2 Å². The molecule has 0 fully saturated rings. The standard InChI is InChI=1S/C14H12Cl2N2O2/c1-20-9-3-5-11(15)13(7-9)18-14(19)10-4-2-8(17)6-12(10)16/h2-7H,17H2,1H3,(H,18,19). The lowest BCUT2D eigenvalue weighted by Gasteiger charge is -2.10. The van der Waals surface area contributed by atoms with Crippen molar-refractivity contribution in [2.45, 2.75) is 0 Å². The average molecular weight is 311 g/mol. The first-order chi connectivity index (χ1) is 9.51. The molecule has 0 bridgehead atoms. The highest BCUT2D eigenvalue weighted by Crippen LogP contribution is 2.28. The molecule has 3 N–H and O–H groups in total. The third-order valence-electron chi connectivity index (χ3n) is 2.66. The van der Waals surface area contributed by atoms with Crippen molar-refractivity contribution in [3.05, 3.63) is 52.0 Å². The van der Waals surface area contributed by atoms with Gasteiger partial charge in [-0.3, -0.25) is 4.79 Å². The number of anilines is 2. The van der Waals surface area contributed by atoms with E-state index in [0.29, 0.717) is 27.7 Å². The number of nitrogen functional groups attached to an aromatic ring is 1. The van der Waals surface area contributed by atoms with Crippen LogP contribution in [0.4, 0.5) is 11.4 Å². The van der Waals surface area contributed by atoms with Crippen LogP contribution in [-0.4, -0.2) is 13.0 Å². The summed E-state index contributed by atoms with van der Waals surface area (Å²) < 4.78 is 5.08. The number of nitrogens with two attached hydrogens (primary N) is 1. The number of benzene rings is 2. The molecule has 0 radical (unpaired) electrons. The molecule has 2 rings (SSSR count). The number of nitrogens with one attached hydrogen (secondary N) is 1. The van der Waals surface area contributed by atoms with Crippen molar-refractivity contribution in [1.29, 1.82) is 0 Å². The Kier molecular flexibility index (Phi) is 4.37. The Morgan fingerprint density at radius 2 is 1.90 bits per heavy atom. The molecule has 0 saturated heterocycles. The molecule has 104 valence electrons. The van der Waals surface area contributed by atoms with Crippen LogP contribution in [0.5, 0.6) is 5.75 Å². The molecule has 1 amide bonds. The Morgan fingerprint density at radius 3 is 2.55 bits per heavy atom. The van der Waals surface area contributed by atoms with E-state index in [9.17, 15) is 4.79 Å². The predicted octanol–water partition coefficient (Wildman–Crippen LogP) is 3.84. The molecular weight excluding hydrogens is 299 g/mol. The number of carbonyl (C=O) groups excluding carboxylic acids is 1. The van der Waals surface area contributed by atoms with Crippen LogP contribution < -0.4 is 15.8 Å². The van der Waals surface area contributed by atoms with Gasteiger partial charge in [-0.15, -0.1) is 0 Å². The molecule has 0 atom stereocenters. The Bertz CT molecular complexity index is 660. The molecule has 0 aliphatic carbocycles. The summed E-state index contributed by atoms with van der Waals surface area (Å²) in [7, 11) is 1.53. The highest BCUT2D eigenvalue weighted by molar-refractivity contribution is 6.36. The number of halogens is 2. The third-order valence-corrected chi connectivity index (χ3v) is 3.30. The highest BCUT2D eigenvalue weighted by Gasteiger charge is 2.13. The van der Waals surface area contributed by atoms with Gasteiger partial charge in [-0.05, 0) is 30.3 Å². The molecular formula is C14H12Cl2N2O2. The van der Waals surface area contributed by atoms with Crippen LogP contribution in [0.25, 0.3) is 0 Å². The van der Waals surface area contributed by atoms with Gasteiger partial charge in [0.25, 0.3) is 5.91 Å². The van der Waals surface area contributed by atoms with Crippen molar-refractivity contribution >= 4 is 40.5 Å². The molecule has 20 heavy (non-hydrogen) atoms. The van der Waals surface area contributed by atoms with Crippen molar-refractivity contribution < 1.29 is 9.53 Å². The first-order valence-corrected chi connectivity index (χ1v) is 6.47. The summed E-state index contributed by atoms with van der Waals surface area (Å²) in [6, 6.07) is 9.65. The fourth-order valence-corrected chi connectivity index (χ4v) is 2.07. The minimum Gasteiger partial charge on any atom is -0.497 e. The van der Waals surface area contributed by atoms with Crippen molar-refractivity contribution in [3.63, 3.8) is 0 Å². The normalized spacial score (nSPS) is 10.2. The number of hydrogen-bond acceptors (Lipinski definition) is 3. The Hall–Kier alpha value is -1.91. The van der Waals surface area contributed by atoms with Crippen molar-refractivity contribution in [3.8, 4) is 5.75 Å². The molecule has 0 aliphatic rings. The molecule has 0 unspecified atom stereocenters. The SMILES string of the molecule is COc1ccc(Cl)c(NC(=O)c2ccc(N)cc2Cl)c1. The smallest absolute Gasteiger partial charge is 0.257 e. The lowest BCUT2D eigenvalue weighted by molar-refractivity contribution is 0.102. The maximum Gasteiger partial charge on any atom is 0.257 e. The Balaban J connectivity index is 2.27. The van der Waals surface area contributed by atoms with E-state index in [-0.39, 0.29) is 10.9 Å². The summed E-state index contributed by atoms with van der Waals surface area (Å²) in [5, 5.41) is 3.37. The van der Waals surface area contributed by atoms with Gasteiger partial charge in [-0.2, -0.15) is 0 Å². The fraction of sp³-hybridized carbons (Fsp3) is 0.0714. The number of hydrogen-bond donors (Lipinski definition) is 2. The predicted molar refractivity (Wildman–Crippen MR) is 81.8 cm³/mol. The van der Waals surface area contributed by atoms with Gasteiger partial charge >= 0.3 is 0 Å². The summed E-state index contributed by atoms with van der Waals surface area (Å²) in [5.74, 6) is 0.221. The summed E-state index contributed by atoms with van der Waals surface area (Å²) in [5.41, 5.74) is 6.85. The zero-order valence-corrected chi connectivity index (χ0v) is 12.1. The first kappa shape index (κ1) is 14.5. The Labute approximate surface area is 126 Å². The van der Waals surface area contributed by atoms with Crippen LogP contribution in [0.1, 0.15) is 10.4 Å². The quantitative estimate of drug-likeness (QED) is 0.847. The number of rotatable bonds is 3. The lowest BCUT2D eigenvalue weighted by atomic mass is 10.2. The second-order valence-electron chi connectivity index (χ2n) is 4.04. The molecule has 6 heteroatoms. The maximum atomic E-state index is 12.2. The van der Waals surface area contributed by atoms with Gasteiger partial charge < -0.3 is 15.8 Å². The van der Waals surface area contributed by atoms with E-state index < -0.39 is 0 Å². The van der Waals surface area contributed by atoms with Crippen LogP contribution in [0.3, 0.4) is 0 Å². The van der Waals surface area contributed by atoms with Crippen molar-refractivity contribution in [1.82, 2.24) is 0 Å². The summed E-state index contributed by atoms with van der Waals surface area (Å²) in [4.78, 5) is 12.2. The maximum absolute atomic E-state index is 12.2. The molecule has 0 heterocycles. The minimum absolute atomic E-state index is 0.279. The lowest BCUT2D eigenvalue weighted by Crippen LogP contribution is -2.13. The van der Waals surface area contributed by atoms with Gasteiger partial charge in [0, 0.05) is 11.8 Å². The van der Waals surface area contributed by atoms with Crippen LogP contribution in [-0.2, 0) is 0 Å². The second-order valence-corrected chi connectivity index (χ2v) is 4.85. The van der Waals surface area contributed by atoms with Gasteiger partial charge in [0.1, 0.15) is 5.75 Å². The molecule has 0 aromatic heterocycles. The van der Waals surface area contributed by atoms with Gasteiger partial charge in [-0.25, -0.2) is 0 Å². The van der Waals surface area contributed by atoms with Crippen molar-refractivity contribution in [2.24, 2.45) is 0 Å². The number of amides is 1. The minimum atomic E-state index is -0.370. The van der Waals surface area contributed by atoms with E-state index in [0.717, 1.165) is 0 Å². The zero-order chi connectivity index (χ0) is 14.7. The summed E-state index contributed by atoms with van der Waals surface area (Å²) in [6.07, 6.45) is 0.